The number of hydrogen-bond donors (Lipinski definition) is 2. The van der Waals surface area contributed by atoms with E-state index in [4.69, 9.17) is 4.74 Å². The van der Waals surface area contributed by atoms with E-state index in [1.54, 1.807) is 30.5 Å². The molecule has 6 heteroatoms. The van der Waals surface area contributed by atoms with Crippen LogP contribution in [0, 0.1) is 0 Å². The van der Waals surface area contributed by atoms with Crippen molar-refractivity contribution >= 4 is 16.8 Å². The number of aromatic nitrogens is 3. The molecule has 2 aromatic heterocycles. The van der Waals surface area contributed by atoms with E-state index in [1.165, 1.54) is 0 Å². The van der Waals surface area contributed by atoms with Crippen molar-refractivity contribution in [3.8, 4) is 11.6 Å². The van der Waals surface area contributed by atoms with E-state index in [1.807, 2.05) is 43.3 Å². The fourth-order valence-electron chi connectivity index (χ4n) is 4.33. The Hall–Kier alpha value is -3.51. The molecule has 32 heavy (non-hydrogen) atoms. The summed E-state index contributed by atoms with van der Waals surface area (Å²) in [6.45, 7) is 1.90. The first kappa shape index (κ1) is 20.4. The zero-order valence-electron chi connectivity index (χ0n) is 17.9. The third kappa shape index (κ3) is 4.14. The van der Waals surface area contributed by atoms with E-state index < -0.39 is 5.60 Å². The van der Waals surface area contributed by atoms with Crippen molar-refractivity contribution in [3.05, 3.63) is 83.8 Å². The number of fused-ring (bicyclic) bond motifs is 1. The van der Waals surface area contributed by atoms with Gasteiger partial charge in [-0.2, -0.15) is 0 Å². The summed E-state index contributed by atoms with van der Waals surface area (Å²) in [5.74, 6) is 1.66. The largest absolute Gasteiger partial charge is 0.439 e. The van der Waals surface area contributed by atoms with Crippen LogP contribution in [-0.2, 0) is 0 Å². The standard InChI is InChI=1S/C26H25N3O3/c1-26(31)14-12-17(13-15-26)20-5-4-16-27-25(20)32-19-10-8-18(9-11-19)23(30)24-28-21-6-2-3-7-22(21)29-24/h2-11,16-17,31H,12-15H2,1H3,(H,28,29)/t17-,26-. The van der Waals surface area contributed by atoms with Gasteiger partial charge in [0.15, 0.2) is 5.82 Å². The van der Waals surface area contributed by atoms with Gasteiger partial charge in [-0.1, -0.05) is 18.2 Å². The summed E-state index contributed by atoms with van der Waals surface area (Å²) in [5, 5.41) is 10.3. The van der Waals surface area contributed by atoms with Gasteiger partial charge in [-0.3, -0.25) is 4.79 Å². The number of nitrogens with one attached hydrogen (secondary N) is 1. The number of H-pyrrole nitrogens is 1. The number of hydrogen-bond acceptors (Lipinski definition) is 5. The number of para-hydroxylation sites is 2. The van der Waals surface area contributed by atoms with E-state index in [2.05, 4.69) is 15.0 Å². The highest BCUT2D eigenvalue weighted by atomic mass is 16.5. The number of carbonyl (C=O) groups excluding carboxylic acids is 1. The minimum Gasteiger partial charge on any atom is -0.439 e. The molecule has 0 unspecified atom stereocenters. The predicted molar refractivity (Wildman–Crippen MR) is 122 cm³/mol. The van der Waals surface area contributed by atoms with E-state index in [0.29, 0.717) is 28.9 Å². The van der Waals surface area contributed by atoms with Gasteiger partial charge in [-0.05, 0) is 81.0 Å². The third-order valence-corrected chi connectivity index (χ3v) is 6.24. The van der Waals surface area contributed by atoms with Crippen LogP contribution in [-0.4, -0.2) is 31.4 Å². The normalized spacial score (nSPS) is 20.9. The van der Waals surface area contributed by atoms with Gasteiger partial charge in [0.25, 0.3) is 0 Å². The van der Waals surface area contributed by atoms with Gasteiger partial charge in [-0.25, -0.2) is 9.97 Å². The molecule has 162 valence electrons. The van der Waals surface area contributed by atoms with E-state index in [0.717, 1.165) is 42.3 Å². The first-order chi connectivity index (χ1) is 15.5. The van der Waals surface area contributed by atoms with E-state index in [9.17, 15) is 9.90 Å². The van der Waals surface area contributed by atoms with Crippen LogP contribution in [0.15, 0.2) is 66.9 Å². The van der Waals surface area contributed by atoms with Crippen LogP contribution in [0.4, 0.5) is 0 Å². The second-order valence-electron chi connectivity index (χ2n) is 8.73. The molecule has 0 bridgehead atoms. The van der Waals surface area contributed by atoms with Crippen molar-refractivity contribution in [1.82, 2.24) is 15.0 Å². The fraction of sp³-hybridized carbons (Fsp3) is 0.269. The number of carbonyl (C=O) groups is 1. The average Bonchev–Trinajstić information content (AvgIpc) is 3.24. The van der Waals surface area contributed by atoms with Crippen molar-refractivity contribution in [2.45, 2.75) is 44.1 Å². The lowest BCUT2D eigenvalue weighted by atomic mass is 9.77. The second-order valence-corrected chi connectivity index (χ2v) is 8.73. The molecule has 5 rings (SSSR count). The molecule has 0 radical (unpaired) electrons. The van der Waals surface area contributed by atoms with Crippen molar-refractivity contribution < 1.29 is 14.6 Å². The van der Waals surface area contributed by atoms with E-state index in [-0.39, 0.29) is 5.78 Å². The minimum atomic E-state index is -0.581. The molecule has 0 saturated heterocycles. The smallest absolute Gasteiger partial charge is 0.228 e. The van der Waals surface area contributed by atoms with Crippen molar-refractivity contribution in [3.63, 3.8) is 0 Å². The number of pyridine rings is 1. The van der Waals surface area contributed by atoms with Gasteiger partial charge in [-0.15, -0.1) is 0 Å². The summed E-state index contributed by atoms with van der Waals surface area (Å²) >= 11 is 0. The molecule has 2 heterocycles. The summed E-state index contributed by atoms with van der Waals surface area (Å²) in [6, 6.07) is 18.6. The Bertz CT molecular complexity index is 1220. The summed E-state index contributed by atoms with van der Waals surface area (Å²) in [6.07, 6.45) is 5.06. The number of nitrogens with zero attached hydrogens (tertiary/aromatic N) is 2. The number of ether oxygens (including phenoxy) is 1. The highest BCUT2D eigenvalue weighted by Gasteiger charge is 2.31. The summed E-state index contributed by atoms with van der Waals surface area (Å²) in [7, 11) is 0. The van der Waals surface area contributed by atoms with Gasteiger partial charge in [0, 0.05) is 17.3 Å². The van der Waals surface area contributed by atoms with Gasteiger partial charge < -0.3 is 14.8 Å². The van der Waals surface area contributed by atoms with Crippen LogP contribution >= 0.6 is 0 Å². The fourth-order valence-corrected chi connectivity index (χ4v) is 4.33. The highest BCUT2D eigenvalue weighted by Crippen LogP contribution is 2.41. The molecule has 2 N–H and O–H groups in total. The molecule has 6 nitrogen and oxygen atoms in total. The van der Waals surface area contributed by atoms with Crippen molar-refractivity contribution in [2.24, 2.45) is 0 Å². The van der Waals surface area contributed by atoms with E-state index >= 15 is 0 Å². The molecule has 0 atom stereocenters. The second kappa shape index (κ2) is 8.20. The average molecular weight is 428 g/mol. The summed E-state index contributed by atoms with van der Waals surface area (Å²) < 4.78 is 6.09. The Kier molecular flexibility index (Phi) is 5.23. The Morgan fingerprint density at radius 3 is 2.56 bits per heavy atom. The Morgan fingerprint density at radius 1 is 1.06 bits per heavy atom. The van der Waals surface area contributed by atoms with Crippen LogP contribution in [0.3, 0.4) is 0 Å². The first-order valence-corrected chi connectivity index (χ1v) is 10.9. The van der Waals surface area contributed by atoms with Gasteiger partial charge in [0.2, 0.25) is 11.7 Å². The minimum absolute atomic E-state index is 0.166. The maximum Gasteiger partial charge on any atom is 0.228 e. The monoisotopic (exact) mass is 427 g/mol. The topological polar surface area (TPSA) is 88.1 Å². The van der Waals surface area contributed by atoms with Crippen molar-refractivity contribution in [2.75, 3.05) is 0 Å². The zero-order chi connectivity index (χ0) is 22.1. The predicted octanol–water partition coefficient (Wildman–Crippen LogP) is 5.39. The molecular weight excluding hydrogens is 402 g/mol. The summed E-state index contributed by atoms with van der Waals surface area (Å²) in [5.41, 5.74) is 2.62. The number of aromatic amines is 1. The number of ketones is 1. The van der Waals surface area contributed by atoms with Crippen LogP contribution < -0.4 is 4.74 Å². The number of aliphatic hydroxyl groups is 1. The summed E-state index contributed by atoms with van der Waals surface area (Å²) in [4.78, 5) is 24.7. The molecule has 0 amide bonds. The number of imidazole rings is 1. The number of benzene rings is 2. The quantitative estimate of drug-likeness (QED) is 0.417. The molecule has 1 aliphatic rings. The Morgan fingerprint density at radius 2 is 1.81 bits per heavy atom. The van der Waals surface area contributed by atoms with Crippen LogP contribution in [0.5, 0.6) is 11.6 Å². The van der Waals surface area contributed by atoms with Gasteiger partial charge >= 0.3 is 0 Å². The maximum absolute atomic E-state index is 12.8. The molecule has 0 aliphatic heterocycles. The maximum atomic E-state index is 12.8. The third-order valence-electron chi connectivity index (χ3n) is 6.24. The highest BCUT2D eigenvalue weighted by molar-refractivity contribution is 6.08. The molecule has 4 aromatic rings. The zero-order valence-corrected chi connectivity index (χ0v) is 17.9. The Labute approximate surface area is 186 Å². The van der Waals surface area contributed by atoms with Crippen LogP contribution in [0.1, 0.15) is 60.3 Å². The van der Waals surface area contributed by atoms with Gasteiger partial charge in [0.1, 0.15) is 5.75 Å². The van der Waals surface area contributed by atoms with Crippen molar-refractivity contribution in [1.29, 1.82) is 0 Å². The lowest BCUT2D eigenvalue weighted by molar-refractivity contribution is 0.0169. The number of rotatable bonds is 5. The van der Waals surface area contributed by atoms with Crippen LogP contribution in [0.2, 0.25) is 0 Å². The van der Waals surface area contributed by atoms with Crippen LogP contribution in [0.25, 0.3) is 11.0 Å². The molecule has 1 fully saturated rings. The lowest BCUT2D eigenvalue weighted by Gasteiger charge is -2.33. The molecule has 0 spiro atoms. The van der Waals surface area contributed by atoms with Gasteiger partial charge in [0.05, 0.1) is 16.6 Å². The molecule has 1 saturated carbocycles. The molecular formula is C26H25N3O3. The molecule has 2 aromatic carbocycles. The SMILES string of the molecule is C[C@]1(O)CC[C@H](c2cccnc2Oc2ccc(C(=O)c3nc4ccccc4[nH]3)cc2)CC1. The Balaban J connectivity index is 1.33. The lowest BCUT2D eigenvalue weighted by Crippen LogP contribution is -2.29. The molecule has 1 aliphatic carbocycles. The first-order valence-electron chi connectivity index (χ1n) is 10.9.